The minimum absolute atomic E-state index is 0.00271. The topological polar surface area (TPSA) is 58.6 Å². The summed E-state index contributed by atoms with van der Waals surface area (Å²) >= 11 is 0. The molecule has 1 atom stereocenters. The van der Waals surface area contributed by atoms with Crippen molar-refractivity contribution in [2.45, 2.75) is 31.8 Å². The van der Waals surface area contributed by atoms with Crippen molar-refractivity contribution in [3.63, 3.8) is 0 Å². The van der Waals surface area contributed by atoms with Crippen molar-refractivity contribution in [1.82, 2.24) is 5.32 Å². The number of carbonyl (C=O) groups excluding carboxylic acids is 1. The van der Waals surface area contributed by atoms with Crippen LogP contribution in [-0.4, -0.2) is 36.9 Å². The number of hydrogen-bond acceptors (Lipinski definition) is 3. The normalized spacial score (nSPS) is 22.7. The van der Waals surface area contributed by atoms with Gasteiger partial charge in [-0.1, -0.05) is 0 Å². The van der Waals surface area contributed by atoms with Gasteiger partial charge in [0.25, 0.3) is 0 Å². The minimum atomic E-state index is -0.0269. The largest absolute Gasteiger partial charge is 0.395 e. The molecule has 0 radical (unpaired) electrons. The molecule has 1 aliphatic heterocycles. The monoisotopic (exact) mass is 187 g/mol. The quantitative estimate of drug-likeness (QED) is 0.654. The SMILES string of the molecule is O=C(CC1CCCCO1)NCCO. The van der Waals surface area contributed by atoms with E-state index in [4.69, 9.17) is 9.84 Å². The van der Waals surface area contributed by atoms with Crippen LogP contribution >= 0.6 is 0 Å². The highest BCUT2D eigenvalue weighted by Crippen LogP contribution is 2.15. The van der Waals surface area contributed by atoms with E-state index in [1.165, 1.54) is 0 Å². The van der Waals surface area contributed by atoms with Crippen molar-refractivity contribution in [1.29, 1.82) is 0 Å². The van der Waals surface area contributed by atoms with Gasteiger partial charge in [0, 0.05) is 13.2 Å². The maximum absolute atomic E-state index is 11.2. The molecule has 13 heavy (non-hydrogen) atoms. The highest BCUT2D eigenvalue weighted by Gasteiger charge is 2.16. The molecule has 2 N–H and O–H groups in total. The molecule has 1 saturated heterocycles. The lowest BCUT2D eigenvalue weighted by atomic mass is 10.1. The van der Waals surface area contributed by atoms with E-state index in [-0.39, 0.29) is 18.6 Å². The summed E-state index contributed by atoms with van der Waals surface area (Å²) < 4.78 is 5.41. The van der Waals surface area contributed by atoms with Crippen LogP contribution in [0.15, 0.2) is 0 Å². The fraction of sp³-hybridized carbons (Fsp3) is 0.889. The van der Waals surface area contributed by atoms with Crippen molar-refractivity contribution in [3.8, 4) is 0 Å². The Morgan fingerprint density at radius 1 is 1.54 bits per heavy atom. The molecule has 0 aromatic carbocycles. The second kappa shape index (κ2) is 5.94. The number of rotatable bonds is 4. The second-order valence-electron chi connectivity index (χ2n) is 3.27. The van der Waals surface area contributed by atoms with Gasteiger partial charge in [0.15, 0.2) is 0 Å². The molecule has 1 amide bonds. The average Bonchev–Trinajstić information content (AvgIpc) is 2.16. The fourth-order valence-corrected chi connectivity index (χ4v) is 1.44. The lowest BCUT2D eigenvalue weighted by Crippen LogP contribution is -2.31. The molecule has 0 spiro atoms. The number of amides is 1. The zero-order valence-electron chi connectivity index (χ0n) is 7.79. The predicted octanol–water partition coefficient (Wildman–Crippen LogP) is 0.0541. The Kier molecular flexibility index (Phi) is 4.78. The van der Waals surface area contributed by atoms with Crippen LogP contribution in [0, 0.1) is 0 Å². The molecule has 4 heteroatoms. The first kappa shape index (κ1) is 10.5. The van der Waals surface area contributed by atoms with Crippen molar-refractivity contribution < 1.29 is 14.6 Å². The number of hydrogen-bond donors (Lipinski definition) is 2. The molecule has 1 heterocycles. The zero-order chi connectivity index (χ0) is 9.52. The number of aliphatic hydroxyl groups is 1. The molecule has 1 unspecified atom stereocenters. The molecule has 1 rings (SSSR count). The molecule has 0 aliphatic carbocycles. The number of aliphatic hydroxyl groups excluding tert-OH is 1. The third kappa shape index (κ3) is 4.24. The summed E-state index contributed by atoms with van der Waals surface area (Å²) in [4.78, 5) is 11.2. The zero-order valence-corrected chi connectivity index (χ0v) is 7.79. The minimum Gasteiger partial charge on any atom is -0.395 e. The van der Waals surface area contributed by atoms with Gasteiger partial charge < -0.3 is 15.2 Å². The molecule has 0 aromatic rings. The summed E-state index contributed by atoms with van der Waals surface area (Å²) in [5.41, 5.74) is 0. The molecule has 0 saturated carbocycles. The number of nitrogens with one attached hydrogen (secondary N) is 1. The van der Waals surface area contributed by atoms with Crippen LogP contribution in [0.25, 0.3) is 0 Å². The van der Waals surface area contributed by atoms with Crippen LogP contribution in [0.3, 0.4) is 0 Å². The summed E-state index contributed by atoms with van der Waals surface area (Å²) in [5, 5.41) is 11.1. The fourth-order valence-electron chi connectivity index (χ4n) is 1.44. The van der Waals surface area contributed by atoms with Gasteiger partial charge in [-0.25, -0.2) is 0 Å². The Morgan fingerprint density at radius 3 is 3.00 bits per heavy atom. The lowest BCUT2D eigenvalue weighted by Gasteiger charge is -2.21. The third-order valence-corrected chi connectivity index (χ3v) is 2.12. The molecule has 4 nitrogen and oxygen atoms in total. The lowest BCUT2D eigenvalue weighted by molar-refractivity contribution is -0.125. The first-order chi connectivity index (χ1) is 6.33. The van der Waals surface area contributed by atoms with Gasteiger partial charge in [-0.3, -0.25) is 4.79 Å². The van der Waals surface area contributed by atoms with E-state index in [2.05, 4.69) is 5.32 Å². The number of ether oxygens (including phenoxy) is 1. The summed E-state index contributed by atoms with van der Waals surface area (Å²) in [7, 11) is 0. The van der Waals surface area contributed by atoms with Gasteiger partial charge in [0.1, 0.15) is 0 Å². The van der Waals surface area contributed by atoms with E-state index in [1.807, 2.05) is 0 Å². The maximum atomic E-state index is 11.2. The van der Waals surface area contributed by atoms with Gasteiger partial charge in [-0.05, 0) is 19.3 Å². The Morgan fingerprint density at radius 2 is 2.38 bits per heavy atom. The summed E-state index contributed by atoms with van der Waals surface area (Å²) in [5.74, 6) is -0.0269. The van der Waals surface area contributed by atoms with E-state index in [0.29, 0.717) is 13.0 Å². The Hall–Kier alpha value is -0.610. The van der Waals surface area contributed by atoms with Crippen molar-refractivity contribution in [2.24, 2.45) is 0 Å². The smallest absolute Gasteiger partial charge is 0.222 e. The summed E-state index contributed by atoms with van der Waals surface area (Å²) in [6.07, 6.45) is 3.76. The summed E-state index contributed by atoms with van der Waals surface area (Å²) in [6, 6.07) is 0. The molecule has 1 aliphatic rings. The number of carbonyl (C=O) groups is 1. The highest BCUT2D eigenvalue weighted by molar-refractivity contribution is 5.76. The molecule has 1 fully saturated rings. The van der Waals surface area contributed by atoms with Gasteiger partial charge in [-0.15, -0.1) is 0 Å². The van der Waals surface area contributed by atoms with Crippen molar-refractivity contribution in [3.05, 3.63) is 0 Å². The predicted molar refractivity (Wildman–Crippen MR) is 48.3 cm³/mol. The highest BCUT2D eigenvalue weighted by atomic mass is 16.5. The van der Waals surface area contributed by atoms with Gasteiger partial charge in [0.05, 0.1) is 19.1 Å². The van der Waals surface area contributed by atoms with Crippen molar-refractivity contribution in [2.75, 3.05) is 19.8 Å². The van der Waals surface area contributed by atoms with Crippen LogP contribution in [0.4, 0.5) is 0 Å². The Balaban J connectivity index is 2.11. The van der Waals surface area contributed by atoms with Crippen LogP contribution in [-0.2, 0) is 9.53 Å². The molecule has 76 valence electrons. The molecule has 0 aromatic heterocycles. The van der Waals surface area contributed by atoms with E-state index < -0.39 is 0 Å². The van der Waals surface area contributed by atoms with Gasteiger partial charge >= 0.3 is 0 Å². The van der Waals surface area contributed by atoms with Crippen LogP contribution < -0.4 is 5.32 Å². The van der Waals surface area contributed by atoms with Gasteiger partial charge in [-0.2, -0.15) is 0 Å². The third-order valence-electron chi connectivity index (χ3n) is 2.12. The standard InChI is InChI=1S/C9H17NO3/c11-5-4-10-9(12)7-8-3-1-2-6-13-8/h8,11H,1-7H2,(H,10,12). The van der Waals surface area contributed by atoms with Crippen LogP contribution in [0.2, 0.25) is 0 Å². The second-order valence-corrected chi connectivity index (χ2v) is 3.27. The van der Waals surface area contributed by atoms with E-state index in [9.17, 15) is 4.79 Å². The Labute approximate surface area is 78.3 Å². The molecular formula is C9H17NO3. The van der Waals surface area contributed by atoms with Crippen LogP contribution in [0.1, 0.15) is 25.7 Å². The summed E-state index contributed by atoms with van der Waals surface area (Å²) in [6.45, 7) is 1.11. The molecule has 0 bridgehead atoms. The average molecular weight is 187 g/mol. The Bertz CT molecular complexity index is 155. The van der Waals surface area contributed by atoms with Crippen LogP contribution in [0.5, 0.6) is 0 Å². The first-order valence-corrected chi connectivity index (χ1v) is 4.82. The maximum Gasteiger partial charge on any atom is 0.222 e. The first-order valence-electron chi connectivity index (χ1n) is 4.82. The molecular weight excluding hydrogens is 170 g/mol. The van der Waals surface area contributed by atoms with Gasteiger partial charge in [0.2, 0.25) is 5.91 Å². The van der Waals surface area contributed by atoms with Crippen molar-refractivity contribution >= 4 is 5.91 Å². The van der Waals surface area contributed by atoms with E-state index in [0.717, 1.165) is 25.9 Å². The van der Waals surface area contributed by atoms with E-state index in [1.54, 1.807) is 0 Å². The van der Waals surface area contributed by atoms with E-state index >= 15 is 0 Å².